The molecule has 296 valence electrons. The molecule has 4 aromatic rings. The predicted octanol–water partition coefficient (Wildman–Crippen LogP) is 10.4. The molecule has 0 fully saturated rings. The summed E-state index contributed by atoms with van der Waals surface area (Å²) in [6.45, 7) is 17.6. The maximum Gasteiger partial charge on any atom is 0.220 e. The number of unbranched alkanes of at least 4 members (excludes halogenated alkanes) is 2. The van der Waals surface area contributed by atoms with Gasteiger partial charge in [0.2, 0.25) is 11.8 Å². The number of carbonyl (C=O) groups is 4. The maximum absolute atomic E-state index is 14.6. The van der Waals surface area contributed by atoms with Gasteiger partial charge in [0.1, 0.15) is 0 Å². The number of benzene rings is 4. The molecule has 4 aromatic carbocycles. The number of amides is 2. The lowest BCUT2D eigenvalue weighted by Crippen LogP contribution is -2.25. The molecule has 0 aliphatic heterocycles. The summed E-state index contributed by atoms with van der Waals surface area (Å²) >= 11 is 0. The largest absolute Gasteiger partial charge is 0.354 e. The van der Waals surface area contributed by atoms with Gasteiger partial charge in [-0.2, -0.15) is 0 Å². The molecule has 1 aliphatic rings. The Kier molecular flexibility index (Phi) is 14.3. The molecule has 0 saturated carbocycles. The molecule has 8 heteroatoms. The molecular formula is C48H60N4O4. The fourth-order valence-corrected chi connectivity index (χ4v) is 8.07. The quantitative estimate of drug-likeness (QED) is 0.0707. The van der Waals surface area contributed by atoms with Crippen LogP contribution in [0.5, 0.6) is 0 Å². The van der Waals surface area contributed by atoms with Gasteiger partial charge in [-0.1, -0.05) is 90.8 Å². The Balaban J connectivity index is 1.65. The van der Waals surface area contributed by atoms with Crippen LogP contribution in [0.15, 0.2) is 48.5 Å². The third-order valence-corrected chi connectivity index (χ3v) is 11.2. The summed E-state index contributed by atoms with van der Waals surface area (Å²) in [4.78, 5) is 54.6. The van der Waals surface area contributed by atoms with Gasteiger partial charge in [0, 0.05) is 48.4 Å². The van der Waals surface area contributed by atoms with Gasteiger partial charge in [0.25, 0.3) is 0 Å². The Morgan fingerprint density at radius 1 is 0.536 bits per heavy atom. The van der Waals surface area contributed by atoms with Crippen molar-refractivity contribution in [3.63, 3.8) is 0 Å². The Hall–Kier alpha value is -5.24. The lowest BCUT2D eigenvalue weighted by molar-refractivity contribution is -0.122. The van der Waals surface area contributed by atoms with Crippen LogP contribution in [0.1, 0.15) is 156 Å². The van der Waals surface area contributed by atoms with Crippen molar-refractivity contribution in [1.82, 2.24) is 10.6 Å². The van der Waals surface area contributed by atoms with Crippen molar-refractivity contribution >= 4 is 46.1 Å². The predicted molar refractivity (Wildman–Crippen MR) is 229 cm³/mol. The van der Waals surface area contributed by atoms with Gasteiger partial charge < -0.3 is 21.3 Å². The highest BCUT2D eigenvalue weighted by Crippen LogP contribution is 2.42. The van der Waals surface area contributed by atoms with Crippen molar-refractivity contribution in [2.45, 2.75) is 133 Å². The van der Waals surface area contributed by atoms with Gasteiger partial charge in [-0.3, -0.25) is 19.2 Å². The lowest BCUT2D eigenvalue weighted by Gasteiger charge is -2.27. The van der Waals surface area contributed by atoms with Crippen molar-refractivity contribution in [3.8, 4) is 0 Å². The van der Waals surface area contributed by atoms with E-state index < -0.39 is 0 Å². The number of carbonyl (C=O) groups excluding carboxylic acids is 4. The molecule has 0 saturated heterocycles. The SMILES string of the molecule is CCCCC(=O)NCc1c(C)cc(CC)c(Nc2ccc(Nc3c(CC)cc(C)c(CNC(=O)CCCC)c3CC)c3c2C(=O)c2ccccc2C3=O)c1CC. The Morgan fingerprint density at radius 2 is 0.929 bits per heavy atom. The van der Waals surface area contributed by atoms with Gasteiger partial charge >= 0.3 is 0 Å². The molecule has 0 spiro atoms. The van der Waals surface area contributed by atoms with Gasteiger partial charge in [-0.15, -0.1) is 0 Å². The van der Waals surface area contributed by atoms with Crippen LogP contribution in [0.4, 0.5) is 22.7 Å². The summed E-state index contributed by atoms with van der Waals surface area (Å²) in [6.07, 6.45) is 7.54. The van der Waals surface area contributed by atoms with Crippen LogP contribution in [0.3, 0.4) is 0 Å². The average molecular weight is 757 g/mol. The summed E-state index contributed by atoms with van der Waals surface area (Å²) in [5.74, 6) is -0.341. The van der Waals surface area contributed by atoms with Gasteiger partial charge in [0.15, 0.2) is 11.6 Å². The molecule has 1 aliphatic carbocycles. The van der Waals surface area contributed by atoms with Gasteiger partial charge in [-0.05, 0) is 109 Å². The molecule has 0 radical (unpaired) electrons. The van der Waals surface area contributed by atoms with Gasteiger partial charge in [0.05, 0.1) is 22.5 Å². The summed E-state index contributed by atoms with van der Waals surface area (Å²) < 4.78 is 0. The fourth-order valence-electron chi connectivity index (χ4n) is 8.07. The van der Waals surface area contributed by atoms with Crippen LogP contribution in [-0.4, -0.2) is 23.4 Å². The summed E-state index contributed by atoms with van der Waals surface area (Å²) in [6, 6.07) is 15.2. The molecule has 8 nitrogen and oxygen atoms in total. The second-order valence-electron chi connectivity index (χ2n) is 14.9. The minimum atomic E-state index is -0.209. The Morgan fingerprint density at radius 3 is 1.27 bits per heavy atom. The molecule has 5 rings (SSSR count). The number of anilines is 4. The Labute approximate surface area is 333 Å². The standard InChI is InChI=1S/C48H60N4O4/c1-9-15-21-41(53)49-27-37-29(7)25-31(11-3)45(33(37)13-5)51-39-23-24-40(44-43(39)47(55)35-19-17-18-20-36(35)48(44)56)52-46-32(12-4)26-30(8)38(34(46)14-6)28-50-42(54)22-16-10-2/h17-20,23-26,51-52H,9-16,21-22,27-28H2,1-8H3,(H,49,53)(H,50,54). The van der Waals surface area contributed by atoms with Crippen LogP contribution in [0, 0.1) is 13.8 Å². The zero-order chi connectivity index (χ0) is 40.5. The zero-order valence-electron chi connectivity index (χ0n) is 34.7. The summed E-state index contributed by atoms with van der Waals surface area (Å²) in [5, 5.41) is 13.6. The monoisotopic (exact) mass is 756 g/mol. The highest BCUT2D eigenvalue weighted by atomic mass is 16.2. The van der Waals surface area contributed by atoms with E-state index in [1.807, 2.05) is 12.1 Å². The average Bonchev–Trinajstić information content (AvgIpc) is 3.20. The minimum Gasteiger partial charge on any atom is -0.354 e. The van der Waals surface area contributed by atoms with Crippen LogP contribution < -0.4 is 21.3 Å². The minimum absolute atomic E-state index is 0.0391. The number of fused-ring (bicyclic) bond motifs is 2. The third-order valence-electron chi connectivity index (χ3n) is 11.2. The summed E-state index contributed by atoms with van der Waals surface area (Å²) in [5.41, 5.74) is 13.1. The maximum atomic E-state index is 14.6. The van der Waals surface area contributed by atoms with E-state index in [4.69, 9.17) is 0 Å². The highest BCUT2D eigenvalue weighted by Gasteiger charge is 2.35. The van der Waals surface area contributed by atoms with E-state index in [0.717, 1.165) is 94.4 Å². The number of nitrogens with one attached hydrogen (secondary N) is 4. The highest BCUT2D eigenvalue weighted by molar-refractivity contribution is 6.32. The third kappa shape index (κ3) is 8.75. The normalized spacial score (nSPS) is 11.9. The number of hydrogen-bond acceptors (Lipinski definition) is 6. The van der Waals surface area contributed by atoms with Crippen molar-refractivity contribution in [2.24, 2.45) is 0 Å². The van der Waals surface area contributed by atoms with E-state index in [9.17, 15) is 19.2 Å². The molecule has 0 bridgehead atoms. The second-order valence-corrected chi connectivity index (χ2v) is 14.9. The number of aryl methyl sites for hydroxylation is 4. The fraction of sp³-hybridized carbons (Fsp3) is 0.417. The molecule has 0 heterocycles. The van der Waals surface area contributed by atoms with Crippen molar-refractivity contribution in [1.29, 1.82) is 0 Å². The van der Waals surface area contributed by atoms with Crippen LogP contribution in [-0.2, 0) is 48.4 Å². The van der Waals surface area contributed by atoms with Crippen molar-refractivity contribution in [3.05, 3.63) is 115 Å². The zero-order valence-corrected chi connectivity index (χ0v) is 34.7. The van der Waals surface area contributed by atoms with E-state index in [1.165, 1.54) is 0 Å². The molecule has 0 atom stereocenters. The van der Waals surface area contributed by atoms with Crippen LogP contribution >= 0.6 is 0 Å². The first-order chi connectivity index (χ1) is 27.0. The molecule has 4 N–H and O–H groups in total. The molecular weight excluding hydrogens is 697 g/mol. The first kappa shape index (κ1) is 41.9. The summed E-state index contributed by atoms with van der Waals surface area (Å²) in [7, 11) is 0. The molecule has 2 amide bonds. The van der Waals surface area contributed by atoms with Crippen molar-refractivity contribution in [2.75, 3.05) is 10.6 Å². The van der Waals surface area contributed by atoms with E-state index in [-0.39, 0.29) is 23.4 Å². The van der Waals surface area contributed by atoms with E-state index >= 15 is 0 Å². The Bertz CT molecular complexity index is 1980. The first-order valence-corrected chi connectivity index (χ1v) is 20.7. The lowest BCUT2D eigenvalue weighted by atomic mass is 9.81. The van der Waals surface area contributed by atoms with Crippen LogP contribution in [0.2, 0.25) is 0 Å². The number of ketones is 2. The second kappa shape index (κ2) is 19.1. The molecule has 56 heavy (non-hydrogen) atoms. The first-order valence-electron chi connectivity index (χ1n) is 20.7. The van der Waals surface area contributed by atoms with E-state index in [2.05, 4.69) is 88.8 Å². The van der Waals surface area contributed by atoms with E-state index in [0.29, 0.717) is 72.4 Å². The van der Waals surface area contributed by atoms with E-state index in [1.54, 1.807) is 24.3 Å². The smallest absolute Gasteiger partial charge is 0.220 e. The van der Waals surface area contributed by atoms with Crippen LogP contribution in [0.25, 0.3) is 0 Å². The molecule has 0 aromatic heterocycles. The topological polar surface area (TPSA) is 116 Å². The van der Waals surface area contributed by atoms with Gasteiger partial charge in [-0.25, -0.2) is 0 Å². The number of hydrogen-bond donors (Lipinski definition) is 4. The van der Waals surface area contributed by atoms with Crippen molar-refractivity contribution < 1.29 is 19.2 Å². The molecule has 0 unspecified atom stereocenters. The number of rotatable bonds is 18.